The van der Waals surface area contributed by atoms with Crippen LogP contribution in [0.4, 0.5) is 0 Å². The van der Waals surface area contributed by atoms with Crippen molar-refractivity contribution in [1.82, 2.24) is 19.7 Å². The van der Waals surface area contributed by atoms with Gasteiger partial charge < -0.3 is 29.4 Å². The topological polar surface area (TPSA) is 81.3 Å². The van der Waals surface area contributed by atoms with Gasteiger partial charge in [-0.1, -0.05) is 19.9 Å². The predicted octanol–water partition coefficient (Wildman–Crippen LogP) is 3.51. The van der Waals surface area contributed by atoms with E-state index < -0.39 is 5.85 Å². The number of likely N-dealkylation sites (tertiary alicyclic amines) is 1. The number of amides is 1. The number of aliphatic hydroxyl groups is 1. The molecular weight excluding hydrogens is 444 g/mol. The van der Waals surface area contributed by atoms with Crippen LogP contribution >= 0.6 is 0 Å². The molecule has 8 heteroatoms. The first kappa shape index (κ1) is 23.8. The van der Waals surface area contributed by atoms with Gasteiger partial charge in [-0.2, -0.15) is 0 Å². The molecule has 0 bridgehead atoms. The average Bonchev–Trinajstić information content (AvgIpc) is 3.40. The van der Waals surface area contributed by atoms with Crippen molar-refractivity contribution >= 4 is 5.91 Å². The number of rotatable bonds is 4. The molecule has 4 heterocycles. The number of methoxy groups -OCH3 is 2. The number of allylic oxidation sites excluding steroid dienone is 1. The van der Waals surface area contributed by atoms with Crippen molar-refractivity contribution in [3.05, 3.63) is 59.1 Å². The summed E-state index contributed by atoms with van der Waals surface area (Å²) in [6.45, 7) is 8.70. The van der Waals surface area contributed by atoms with Crippen LogP contribution in [0.25, 0.3) is 0 Å². The smallest absolute Gasteiger partial charge is 0.270 e. The first-order valence-corrected chi connectivity index (χ1v) is 12.4. The van der Waals surface area contributed by atoms with Crippen LogP contribution in [0.2, 0.25) is 0 Å². The predicted molar refractivity (Wildman–Crippen MR) is 133 cm³/mol. The number of carbonyl (C=O) groups excluding carboxylic acids is 1. The Labute approximate surface area is 207 Å². The van der Waals surface area contributed by atoms with Gasteiger partial charge >= 0.3 is 0 Å². The van der Waals surface area contributed by atoms with Gasteiger partial charge in [0.25, 0.3) is 5.91 Å². The minimum Gasteiger partial charge on any atom is -0.497 e. The number of aromatic nitrogens is 1. The number of H-pyrrole nitrogens is 1. The summed E-state index contributed by atoms with van der Waals surface area (Å²) in [6, 6.07) is 7.66. The van der Waals surface area contributed by atoms with Crippen LogP contribution in [-0.2, 0) is 6.54 Å². The molecule has 1 aromatic carbocycles. The molecule has 3 aliphatic heterocycles. The van der Waals surface area contributed by atoms with Gasteiger partial charge in [0.2, 0.25) is 0 Å². The SMILES string of the molecule is CCN1C2(CCN(C(=O)c3ccc[nH]3)CC2)C2=CC(C)c3c(cc(OC)cc3OC)CN2C1(C)O. The van der Waals surface area contributed by atoms with Crippen LogP contribution < -0.4 is 9.47 Å². The Balaban J connectivity index is 1.54. The highest BCUT2D eigenvalue weighted by molar-refractivity contribution is 5.92. The molecule has 35 heavy (non-hydrogen) atoms. The summed E-state index contributed by atoms with van der Waals surface area (Å²) >= 11 is 0. The van der Waals surface area contributed by atoms with Crippen molar-refractivity contribution in [2.45, 2.75) is 57.5 Å². The van der Waals surface area contributed by atoms with Crippen LogP contribution in [0.1, 0.15) is 61.1 Å². The van der Waals surface area contributed by atoms with Crippen LogP contribution in [0.15, 0.2) is 42.2 Å². The summed E-state index contributed by atoms with van der Waals surface area (Å²) in [5, 5.41) is 11.9. The van der Waals surface area contributed by atoms with Crippen molar-refractivity contribution < 1.29 is 19.4 Å². The summed E-state index contributed by atoms with van der Waals surface area (Å²) < 4.78 is 11.3. The third-order valence-corrected chi connectivity index (χ3v) is 8.18. The fourth-order valence-corrected chi connectivity index (χ4v) is 6.57. The summed E-state index contributed by atoms with van der Waals surface area (Å²) in [5.41, 5.74) is 3.63. The lowest BCUT2D eigenvalue weighted by molar-refractivity contribution is -0.176. The fourth-order valence-electron chi connectivity index (χ4n) is 6.57. The normalized spacial score (nSPS) is 25.7. The molecule has 2 atom stereocenters. The number of hydrogen-bond donors (Lipinski definition) is 2. The molecule has 1 aromatic heterocycles. The molecule has 0 saturated carbocycles. The van der Waals surface area contributed by atoms with Gasteiger partial charge in [-0.15, -0.1) is 0 Å². The number of nitrogens with one attached hydrogen (secondary N) is 1. The van der Waals surface area contributed by atoms with E-state index in [4.69, 9.17) is 9.47 Å². The zero-order valence-corrected chi connectivity index (χ0v) is 21.3. The number of nitrogens with zero attached hydrogens (tertiary/aromatic N) is 3. The largest absolute Gasteiger partial charge is 0.497 e. The minimum atomic E-state index is -1.16. The molecule has 188 valence electrons. The lowest BCUT2D eigenvalue weighted by atomic mass is 9.81. The molecular formula is C27H36N4O4. The lowest BCUT2D eigenvalue weighted by Crippen LogP contribution is -2.59. The van der Waals surface area contributed by atoms with E-state index in [1.54, 1.807) is 20.4 Å². The highest BCUT2D eigenvalue weighted by Crippen LogP contribution is 2.53. The van der Waals surface area contributed by atoms with Crippen LogP contribution in [0.3, 0.4) is 0 Å². The molecule has 2 unspecified atom stereocenters. The third-order valence-electron chi connectivity index (χ3n) is 8.18. The monoisotopic (exact) mass is 480 g/mol. The second-order valence-corrected chi connectivity index (χ2v) is 9.95. The quantitative estimate of drug-likeness (QED) is 0.697. The molecule has 2 N–H and O–H groups in total. The van der Waals surface area contributed by atoms with Gasteiger partial charge in [-0.25, -0.2) is 4.90 Å². The Bertz CT molecular complexity index is 1130. The van der Waals surface area contributed by atoms with E-state index in [-0.39, 0.29) is 17.4 Å². The Kier molecular flexibility index (Phi) is 5.84. The highest BCUT2D eigenvalue weighted by Gasteiger charge is 2.60. The van der Waals surface area contributed by atoms with Crippen molar-refractivity contribution in [3.63, 3.8) is 0 Å². The number of benzene rings is 1. The van der Waals surface area contributed by atoms with Gasteiger partial charge in [0.05, 0.1) is 19.8 Å². The second kappa shape index (κ2) is 8.60. The maximum Gasteiger partial charge on any atom is 0.270 e. The number of likely N-dealkylation sites (N-methyl/N-ethyl adjacent to an activating group) is 1. The van der Waals surface area contributed by atoms with Crippen molar-refractivity contribution in [3.8, 4) is 11.5 Å². The number of ether oxygens (including phenoxy) is 2. The number of piperidine rings is 1. The molecule has 1 spiro atoms. The molecule has 8 nitrogen and oxygen atoms in total. The number of aromatic amines is 1. The Morgan fingerprint density at radius 1 is 1.23 bits per heavy atom. The Morgan fingerprint density at radius 2 is 1.97 bits per heavy atom. The molecule has 0 radical (unpaired) electrons. The Morgan fingerprint density at radius 3 is 2.57 bits per heavy atom. The van der Waals surface area contributed by atoms with E-state index in [1.807, 2.05) is 30.0 Å². The fraction of sp³-hybridized carbons (Fsp3) is 0.519. The van der Waals surface area contributed by atoms with E-state index in [0.717, 1.165) is 41.2 Å². The third kappa shape index (κ3) is 3.53. The zero-order chi connectivity index (χ0) is 25.0. The average molecular weight is 481 g/mol. The van der Waals surface area contributed by atoms with Crippen molar-refractivity contribution in [2.75, 3.05) is 33.9 Å². The lowest BCUT2D eigenvalue weighted by Gasteiger charge is -2.46. The second-order valence-electron chi connectivity index (χ2n) is 9.95. The summed E-state index contributed by atoms with van der Waals surface area (Å²) in [6.07, 6.45) is 5.60. The number of carbonyl (C=O) groups is 1. The summed E-state index contributed by atoms with van der Waals surface area (Å²) in [7, 11) is 3.35. The van der Waals surface area contributed by atoms with E-state index in [2.05, 4.69) is 40.8 Å². The van der Waals surface area contributed by atoms with Crippen LogP contribution in [-0.4, -0.2) is 75.9 Å². The first-order chi connectivity index (χ1) is 16.8. The maximum atomic E-state index is 13.0. The molecule has 5 rings (SSSR count). The van der Waals surface area contributed by atoms with E-state index in [9.17, 15) is 9.90 Å². The first-order valence-electron chi connectivity index (χ1n) is 12.4. The molecule has 2 fully saturated rings. The minimum absolute atomic E-state index is 0.0296. The number of hydrogen-bond acceptors (Lipinski definition) is 6. The van der Waals surface area contributed by atoms with E-state index in [0.29, 0.717) is 31.9 Å². The van der Waals surface area contributed by atoms with Crippen molar-refractivity contribution in [1.29, 1.82) is 0 Å². The van der Waals surface area contributed by atoms with Crippen LogP contribution in [0, 0.1) is 0 Å². The van der Waals surface area contributed by atoms with E-state index in [1.165, 1.54) is 0 Å². The molecule has 0 aliphatic carbocycles. The molecule has 3 aliphatic rings. The number of fused-ring (bicyclic) bond motifs is 3. The van der Waals surface area contributed by atoms with Gasteiger partial charge in [-0.3, -0.25) is 4.79 Å². The van der Waals surface area contributed by atoms with Crippen molar-refractivity contribution in [2.24, 2.45) is 0 Å². The molecule has 2 saturated heterocycles. The standard InChI is InChI=1S/C27H36N4O4/c1-6-31-26(3,33)30-17-19-15-20(34-4)16-22(35-5)24(19)18(2)14-23(30)27(31)9-12-29(13-10-27)25(32)21-8-7-11-28-21/h7-8,11,14-16,18,28,33H,6,9-10,12-13,17H2,1-5H3. The summed E-state index contributed by atoms with van der Waals surface area (Å²) in [5.74, 6) is 0.505. The van der Waals surface area contributed by atoms with Gasteiger partial charge in [0, 0.05) is 55.6 Å². The summed E-state index contributed by atoms with van der Waals surface area (Å²) in [4.78, 5) is 22.3. The van der Waals surface area contributed by atoms with Gasteiger partial charge in [0.1, 0.15) is 17.2 Å². The Hall–Kier alpha value is -2.97. The van der Waals surface area contributed by atoms with Gasteiger partial charge in [0.15, 0.2) is 5.85 Å². The van der Waals surface area contributed by atoms with E-state index >= 15 is 0 Å². The highest BCUT2D eigenvalue weighted by atomic mass is 16.5. The maximum absolute atomic E-state index is 13.0. The zero-order valence-electron chi connectivity index (χ0n) is 21.3. The van der Waals surface area contributed by atoms with Crippen LogP contribution in [0.5, 0.6) is 11.5 Å². The molecule has 1 amide bonds. The van der Waals surface area contributed by atoms with Gasteiger partial charge in [-0.05, 0) is 43.5 Å². The molecule has 2 aromatic rings.